The number of hydrogen-bond acceptors (Lipinski definition) is 4. The van der Waals surface area contributed by atoms with Crippen molar-refractivity contribution in [3.63, 3.8) is 0 Å². The van der Waals surface area contributed by atoms with Gasteiger partial charge in [0.15, 0.2) is 0 Å². The third-order valence-corrected chi connectivity index (χ3v) is 5.87. The number of rotatable bonds is 5. The van der Waals surface area contributed by atoms with Gasteiger partial charge in [0.25, 0.3) is 0 Å². The van der Waals surface area contributed by atoms with Gasteiger partial charge in [0.05, 0.1) is 6.61 Å². The first-order chi connectivity index (χ1) is 13.1. The minimum Gasteiger partial charge on any atom is -0.377 e. The first-order valence-electron chi connectivity index (χ1n) is 10.1. The standard InChI is InChI=1S/C23H31N3O/c1-4-27-16-18-6-8-22-20(14-18)23(2,3)19-13-17(5-7-21(19)25-22)15-26-11-9-24-10-12-26/h5-8,13-14,24-25H,4,9-12,15-16H2,1-3H3. The lowest BCUT2D eigenvalue weighted by Gasteiger charge is -2.37. The fourth-order valence-corrected chi connectivity index (χ4v) is 4.26. The first kappa shape index (κ1) is 18.5. The van der Waals surface area contributed by atoms with E-state index in [0.29, 0.717) is 6.61 Å². The van der Waals surface area contributed by atoms with E-state index in [2.05, 4.69) is 65.8 Å². The van der Waals surface area contributed by atoms with Gasteiger partial charge in [0, 0.05) is 56.1 Å². The zero-order chi connectivity index (χ0) is 18.9. The molecule has 2 aliphatic heterocycles. The van der Waals surface area contributed by atoms with Crippen molar-refractivity contribution < 1.29 is 4.74 Å². The summed E-state index contributed by atoms with van der Waals surface area (Å²) in [6.45, 7) is 13.6. The quantitative estimate of drug-likeness (QED) is 0.839. The SMILES string of the molecule is CCOCc1ccc2c(c1)C(C)(C)c1cc(CN3CCNCC3)ccc1N2. The molecule has 0 unspecified atom stereocenters. The van der Waals surface area contributed by atoms with Crippen LogP contribution < -0.4 is 10.6 Å². The second-order valence-corrected chi connectivity index (χ2v) is 8.17. The van der Waals surface area contributed by atoms with Gasteiger partial charge in [0.1, 0.15) is 0 Å². The van der Waals surface area contributed by atoms with Crippen molar-refractivity contribution in [2.24, 2.45) is 0 Å². The third kappa shape index (κ3) is 3.75. The number of hydrogen-bond donors (Lipinski definition) is 2. The Kier molecular flexibility index (Phi) is 5.22. The Balaban J connectivity index is 1.63. The Labute approximate surface area is 162 Å². The Morgan fingerprint density at radius 3 is 2.26 bits per heavy atom. The third-order valence-electron chi connectivity index (χ3n) is 5.87. The molecule has 0 saturated carbocycles. The van der Waals surface area contributed by atoms with Crippen LogP contribution in [0.5, 0.6) is 0 Å². The molecule has 0 radical (unpaired) electrons. The molecule has 2 aromatic rings. The van der Waals surface area contributed by atoms with Gasteiger partial charge in [0.2, 0.25) is 0 Å². The van der Waals surface area contributed by atoms with Crippen LogP contribution in [-0.2, 0) is 23.3 Å². The largest absolute Gasteiger partial charge is 0.377 e. The molecule has 0 aromatic heterocycles. The number of fused-ring (bicyclic) bond motifs is 2. The van der Waals surface area contributed by atoms with Crippen LogP contribution in [0.4, 0.5) is 11.4 Å². The molecule has 144 valence electrons. The second kappa shape index (κ2) is 7.63. The topological polar surface area (TPSA) is 36.5 Å². The lowest BCUT2D eigenvalue weighted by atomic mass is 9.73. The molecule has 0 aliphatic carbocycles. The molecule has 4 rings (SSSR count). The van der Waals surface area contributed by atoms with Gasteiger partial charge in [-0.05, 0) is 41.3 Å². The van der Waals surface area contributed by atoms with Crippen LogP contribution in [0.25, 0.3) is 0 Å². The van der Waals surface area contributed by atoms with Crippen LogP contribution in [0.15, 0.2) is 36.4 Å². The van der Waals surface area contributed by atoms with Crippen molar-refractivity contribution in [2.45, 2.75) is 39.3 Å². The van der Waals surface area contributed by atoms with Crippen LogP contribution in [0.2, 0.25) is 0 Å². The molecular weight excluding hydrogens is 334 g/mol. The van der Waals surface area contributed by atoms with E-state index in [-0.39, 0.29) is 5.41 Å². The number of benzene rings is 2. The molecule has 0 bridgehead atoms. The highest BCUT2D eigenvalue weighted by Gasteiger charge is 2.33. The molecule has 2 aromatic carbocycles. The average molecular weight is 366 g/mol. The molecule has 2 N–H and O–H groups in total. The van der Waals surface area contributed by atoms with Crippen molar-refractivity contribution in [3.8, 4) is 0 Å². The molecule has 0 amide bonds. The smallest absolute Gasteiger partial charge is 0.0716 e. The van der Waals surface area contributed by atoms with E-state index in [1.54, 1.807) is 0 Å². The molecule has 4 nitrogen and oxygen atoms in total. The number of anilines is 2. The number of nitrogens with one attached hydrogen (secondary N) is 2. The van der Waals surface area contributed by atoms with E-state index in [1.165, 1.54) is 33.6 Å². The summed E-state index contributed by atoms with van der Waals surface area (Å²) >= 11 is 0. The second-order valence-electron chi connectivity index (χ2n) is 8.17. The maximum atomic E-state index is 5.62. The summed E-state index contributed by atoms with van der Waals surface area (Å²) in [7, 11) is 0. The van der Waals surface area contributed by atoms with E-state index in [0.717, 1.165) is 39.3 Å². The van der Waals surface area contributed by atoms with Crippen LogP contribution in [0.1, 0.15) is 43.0 Å². The van der Waals surface area contributed by atoms with Crippen molar-refractivity contribution in [1.82, 2.24) is 10.2 Å². The van der Waals surface area contributed by atoms with Crippen LogP contribution in [0.3, 0.4) is 0 Å². The van der Waals surface area contributed by atoms with E-state index in [1.807, 2.05) is 6.92 Å². The van der Waals surface area contributed by atoms with Gasteiger partial charge in [-0.15, -0.1) is 0 Å². The van der Waals surface area contributed by atoms with E-state index in [9.17, 15) is 0 Å². The number of nitrogens with zero attached hydrogens (tertiary/aromatic N) is 1. The summed E-state index contributed by atoms with van der Waals surface area (Å²) in [4.78, 5) is 2.54. The zero-order valence-electron chi connectivity index (χ0n) is 16.8. The highest BCUT2D eigenvalue weighted by molar-refractivity contribution is 5.76. The number of ether oxygens (including phenoxy) is 1. The Hall–Kier alpha value is -1.88. The fourth-order valence-electron chi connectivity index (χ4n) is 4.26. The summed E-state index contributed by atoms with van der Waals surface area (Å²) < 4.78 is 5.62. The van der Waals surface area contributed by atoms with Gasteiger partial charge in [-0.3, -0.25) is 4.90 Å². The predicted octanol–water partition coefficient (Wildman–Crippen LogP) is 4.01. The molecule has 1 saturated heterocycles. The number of piperazine rings is 1. The summed E-state index contributed by atoms with van der Waals surface area (Å²) in [6.07, 6.45) is 0. The van der Waals surface area contributed by atoms with Crippen LogP contribution in [0, 0.1) is 0 Å². The lowest BCUT2D eigenvalue weighted by Crippen LogP contribution is -2.42. The van der Waals surface area contributed by atoms with E-state index < -0.39 is 0 Å². The van der Waals surface area contributed by atoms with E-state index in [4.69, 9.17) is 4.74 Å². The van der Waals surface area contributed by atoms with Crippen molar-refractivity contribution in [2.75, 3.05) is 38.1 Å². The summed E-state index contributed by atoms with van der Waals surface area (Å²) in [5.74, 6) is 0. The van der Waals surface area contributed by atoms with E-state index >= 15 is 0 Å². The Bertz CT molecular complexity index is 809. The van der Waals surface area contributed by atoms with Crippen LogP contribution in [-0.4, -0.2) is 37.7 Å². The maximum Gasteiger partial charge on any atom is 0.0716 e. The highest BCUT2D eigenvalue weighted by Crippen LogP contribution is 2.46. The summed E-state index contributed by atoms with van der Waals surface area (Å²) in [5.41, 5.74) is 7.79. The summed E-state index contributed by atoms with van der Waals surface area (Å²) in [5, 5.41) is 7.08. The van der Waals surface area contributed by atoms with Gasteiger partial charge >= 0.3 is 0 Å². The van der Waals surface area contributed by atoms with Gasteiger partial charge in [-0.1, -0.05) is 38.1 Å². The van der Waals surface area contributed by atoms with Gasteiger partial charge in [-0.2, -0.15) is 0 Å². The monoisotopic (exact) mass is 365 g/mol. The molecule has 1 fully saturated rings. The fraction of sp³-hybridized carbons (Fsp3) is 0.478. The van der Waals surface area contributed by atoms with Crippen LogP contribution >= 0.6 is 0 Å². The molecule has 0 spiro atoms. The minimum absolute atomic E-state index is 0.0302. The molecule has 27 heavy (non-hydrogen) atoms. The molecular formula is C23H31N3O. The first-order valence-corrected chi connectivity index (χ1v) is 10.1. The highest BCUT2D eigenvalue weighted by atomic mass is 16.5. The zero-order valence-corrected chi connectivity index (χ0v) is 16.8. The Morgan fingerprint density at radius 2 is 1.59 bits per heavy atom. The van der Waals surface area contributed by atoms with Gasteiger partial charge < -0.3 is 15.4 Å². The predicted molar refractivity (Wildman–Crippen MR) is 112 cm³/mol. The lowest BCUT2D eigenvalue weighted by molar-refractivity contribution is 0.134. The Morgan fingerprint density at radius 1 is 0.963 bits per heavy atom. The minimum atomic E-state index is -0.0302. The maximum absolute atomic E-state index is 5.62. The molecule has 4 heteroatoms. The molecule has 2 heterocycles. The van der Waals surface area contributed by atoms with Crippen molar-refractivity contribution in [3.05, 3.63) is 58.7 Å². The normalized spacial score (nSPS) is 18.5. The average Bonchev–Trinajstić information content (AvgIpc) is 2.68. The van der Waals surface area contributed by atoms with Crippen molar-refractivity contribution >= 4 is 11.4 Å². The van der Waals surface area contributed by atoms with Crippen molar-refractivity contribution in [1.29, 1.82) is 0 Å². The summed E-state index contributed by atoms with van der Waals surface area (Å²) in [6, 6.07) is 13.6. The van der Waals surface area contributed by atoms with Gasteiger partial charge in [-0.25, -0.2) is 0 Å². The molecule has 0 atom stereocenters. The molecule has 2 aliphatic rings.